The summed E-state index contributed by atoms with van der Waals surface area (Å²) in [7, 11) is 0. The zero-order valence-electron chi connectivity index (χ0n) is 9.32. The third-order valence-electron chi connectivity index (χ3n) is 2.69. The Morgan fingerprint density at radius 3 is 2.93 bits per heavy atom. The molecule has 82 valence electrons. The minimum Gasteiger partial charge on any atom is -0.368 e. The normalized spacial score (nSPS) is 18.9. The zero-order valence-corrected chi connectivity index (χ0v) is 10.9. The molecule has 4 heteroatoms. The summed E-state index contributed by atoms with van der Waals surface area (Å²) in [5.74, 6) is 1.01. The fraction of sp³-hybridized carbons (Fsp3) is 0.545. The van der Waals surface area contributed by atoms with Gasteiger partial charge in [0, 0.05) is 28.7 Å². The number of halogens is 1. The van der Waals surface area contributed by atoms with Crippen LogP contribution >= 0.6 is 15.9 Å². The molecule has 3 nitrogen and oxygen atoms in total. The minimum absolute atomic E-state index is 0.112. The van der Waals surface area contributed by atoms with Gasteiger partial charge in [0.2, 0.25) is 0 Å². The summed E-state index contributed by atoms with van der Waals surface area (Å²) in [5, 5.41) is 6.89. The first-order valence-electron chi connectivity index (χ1n) is 5.13. The van der Waals surface area contributed by atoms with Gasteiger partial charge in [-0.2, -0.15) is 0 Å². The highest BCUT2D eigenvalue weighted by Crippen LogP contribution is 2.24. The van der Waals surface area contributed by atoms with Crippen molar-refractivity contribution < 1.29 is 0 Å². The summed E-state index contributed by atoms with van der Waals surface area (Å²) in [5.41, 5.74) is 2.36. The second kappa shape index (κ2) is 3.76. The highest BCUT2D eigenvalue weighted by Gasteiger charge is 2.22. The van der Waals surface area contributed by atoms with Crippen molar-refractivity contribution in [3.05, 3.63) is 21.8 Å². The molecule has 15 heavy (non-hydrogen) atoms. The summed E-state index contributed by atoms with van der Waals surface area (Å²) in [4.78, 5) is 4.54. The number of anilines is 1. The Morgan fingerprint density at radius 2 is 2.20 bits per heavy atom. The van der Waals surface area contributed by atoms with E-state index >= 15 is 0 Å². The molecule has 1 aliphatic heterocycles. The molecule has 0 atom stereocenters. The molecule has 0 saturated carbocycles. The van der Waals surface area contributed by atoms with Crippen molar-refractivity contribution in [2.45, 2.75) is 32.9 Å². The number of pyridine rings is 1. The lowest BCUT2D eigenvalue weighted by atomic mass is 10.1. The van der Waals surface area contributed by atoms with Gasteiger partial charge in [-0.3, -0.25) is 0 Å². The SMILES string of the molecule is Cc1nc2c(cc1Br)CNC(C)(C)CN2. The maximum absolute atomic E-state index is 4.54. The summed E-state index contributed by atoms with van der Waals surface area (Å²) in [6, 6.07) is 2.14. The topological polar surface area (TPSA) is 37.0 Å². The van der Waals surface area contributed by atoms with Crippen LogP contribution in [-0.4, -0.2) is 17.1 Å². The maximum atomic E-state index is 4.54. The van der Waals surface area contributed by atoms with Crippen molar-refractivity contribution in [3.8, 4) is 0 Å². The number of nitrogens with zero attached hydrogens (tertiary/aromatic N) is 1. The van der Waals surface area contributed by atoms with E-state index < -0.39 is 0 Å². The largest absolute Gasteiger partial charge is 0.368 e. The molecule has 2 N–H and O–H groups in total. The Hall–Kier alpha value is -0.610. The van der Waals surface area contributed by atoms with Crippen LogP contribution in [0.4, 0.5) is 5.82 Å². The van der Waals surface area contributed by atoms with E-state index in [-0.39, 0.29) is 5.54 Å². The van der Waals surface area contributed by atoms with Gasteiger partial charge in [-0.15, -0.1) is 0 Å². The van der Waals surface area contributed by atoms with Crippen LogP contribution in [0.2, 0.25) is 0 Å². The van der Waals surface area contributed by atoms with Crippen LogP contribution in [0.15, 0.2) is 10.5 Å². The lowest BCUT2D eigenvalue weighted by molar-refractivity contribution is 0.414. The Bertz CT molecular complexity index is 353. The van der Waals surface area contributed by atoms with Crippen molar-refractivity contribution in [2.75, 3.05) is 11.9 Å². The van der Waals surface area contributed by atoms with Gasteiger partial charge in [-0.05, 0) is 42.8 Å². The Morgan fingerprint density at radius 1 is 1.47 bits per heavy atom. The molecule has 0 amide bonds. The molecule has 2 rings (SSSR count). The summed E-state index contributed by atoms with van der Waals surface area (Å²) in [6.07, 6.45) is 0. The van der Waals surface area contributed by atoms with Crippen molar-refractivity contribution >= 4 is 21.7 Å². The molecule has 0 bridgehead atoms. The Balaban J connectivity index is 2.36. The number of aromatic nitrogens is 1. The number of nitrogens with one attached hydrogen (secondary N) is 2. The molecule has 0 spiro atoms. The molecular weight excluding hydrogens is 254 g/mol. The van der Waals surface area contributed by atoms with E-state index in [1.54, 1.807) is 0 Å². The molecule has 0 unspecified atom stereocenters. The summed E-state index contributed by atoms with van der Waals surface area (Å²) < 4.78 is 1.07. The molecule has 1 aromatic heterocycles. The van der Waals surface area contributed by atoms with Crippen LogP contribution in [0.1, 0.15) is 25.1 Å². The lowest BCUT2D eigenvalue weighted by Gasteiger charge is -2.23. The molecule has 0 fully saturated rings. The van der Waals surface area contributed by atoms with E-state index in [2.05, 4.69) is 51.5 Å². The predicted octanol–water partition coefficient (Wildman–Crippen LogP) is 2.45. The van der Waals surface area contributed by atoms with Crippen LogP contribution in [0, 0.1) is 6.92 Å². The smallest absolute Gasteiger partial charge is 0.130 e. The van der Waals surface area contributed by atoms with Gasteiger partial charge in [0.25, 0.3) is 0 Å². The van der Waals surface area contributed by atoms with Gasteiger partial charge in [0.05, 0.1) is 5.69 Å². The third-order valence-corrected chi connectivity index (χ3v) is 3.49. The standard InChI is InChI=1S/C11H16BrN3/c1-7-9(12)4-8-5-14-11(2,3)6-13-10(8)15-7/h4,14H,5-6H2,1-3H3,(H,13,15). The van der Waals surface area contributed by atoms with Gasteiger partial charge in [-0.1, -0.05) is 0 Å². The fourth-order valence-corrected chi connectivity index (χ4v) is 1.97. The maximum Gasteiger partial charge on any atom is 0.130 e. The van der Waals surface area contributed by atoms with Crippen molar-refractivity contribution in [1.82, 2.24) is 10.3 Å². The summed E-state index contributed by atoms with van der Waals surface area (Å²) >= 11 is 3.51. The van der Waals surface area contributed by atoms with Crippen LogP contribution in [0.25, 0.3) is 0 Å². The van der Waals surface area contributed by atoms with Crippen LogP contribution in [0.5, 0.6) is 0 Å². The van der Waals surface area contributed by atoms with Gasteiger partial charge in [0.1, 0.15) is 5.82 Å². The van der Waals surface area contributed by atoms with Crippen molar-refractivity contribution in [2.24, 2.45) is 0 Å². The molecule has 0 aliphatic carbocycles. The highest BCUT2D eigenvalue weighted by atomic mass is 79.9. The van der Waals surface area contributed by atoms with E-state index in [1.165, 1.54) is 5.56 Å². The van der Waals surface area contributed by atoms with E-state index in [4.69, 9.17) is 0 Å². The summed E-state index contributed by atoms with van der Waals surface area (Å²) in [6.45, 7) is 8.15. The molecule has 0 radical (unpaired) electrons. The second-order valence-corrected chi connectivity index (χ2v) is 5.51. The first-order chi connectivity index (χ1) is 6.98. The van der Waals surface area contributed by atoms with E-state index in [0.717, 1.165) is 29.1 Å². The van der Waals surface area contributed by atoms with E-state index in [1.807, 2.05) is 6.92 Å². The van der Waals surface area contributed by atoms with Crippen molar-refractivity contribution in [3.63, 3.8) is 0 Å². The average molecular weight is 270 g/mol. The second-order valence-electron chi connectivity index (χ2n) is 4.65. The minimum atomic E-state index is 0.112. The number of rotatable bonds is 0. The first kappa shape index (κ1) is 10.9. The molecular formula is C11H16BrN3. The van der Waals surface area contributed by atoms with E-state index in [9.17, 15) is 0 Å². The predicted molar refractivity (Wildman–Crippen MR) is 66.1 cm³/mol. The molecule has 0 saturated heterocycles. The average Bonchev–Trinajstić information content (AvgIpc) is 2.29. The zero-order chi connectivity index (χ0) is 11.1. The monoisotopic (exact) mass is 269 g/mol. The lowest BCUT2D eigenvalue weighted by Crippen LogP contribution is -2.42. The number of aryl methyl sites for hydroxylation is 1. The van der Waals surface area contributed by atoms with Crippen LogP contribution in [-0.2, 0) is 6.54 Å². The highest BCUT2D eigenvalue weighted by molar-refractivity contribution is 9.10. The Labute approximate surface area is 98.8 Å². The quantitative estimate of drug-likeness (QED) is 0.760. The first-order valence-corrected chi connectivity index (χ1v) is 5.92. The van der Waals surface area contributed by atoms with Crippen LogP contribution in [0.3, 0.4) is 0 Å². The number of hydrogen-bond acceptors (Lipinski definition) is 3. The number of fused-ring (bicyclic) bond motifs is 1. The number of hydrogen-bond donors (Lipinski definition) is 2. The van der Waals surface area contributed by atoms with Gasteiger partial charge in [0.15, 0.2) is 0 Å². The van der Waals surface area contributed by atoms with Crippen molar-refractivity contribution in [1.29, 1.82) is 0 Å². The molecule has 1 aliphatic rings. The third kappa shape index (κ3) is 2.32. The van der Waals surface area contributed by atoms with Gasteiger partial charge >= 0.3 is 0 Å². The van der Waals surface area contributed by atoms with Gasteiger partial charge in [-0.25, -0.2) is 4.98 Å². The fourth-order valence-electron chi connectivity index (χ4n) is 1.61. The van der Waals surface area contributed by atoms with Gasteiger partial charge < -0.3 is 10.6 Å². The van der Waals surface area contributed by atoms with E-state index in [0.29, 0.717) is 0 Å². The Kier molecular flexibility index (Phi) is 2.73. The molecule has 1 aromatic rings. The van der Waals surface area contributed by atoms with Crippen LogP contribution < -0.4 is 10.6 Å². The molecule has 2 heterocycles. The molecule has 0 aromatic carbocycles.